The van der Waals surface area contributed by atoms with Crippen LogP contribution in [0.3, 0.4) is 0 Å². The van der Waals surface area contributed by atoms with Gasteiger partial charge >= 0.3 is 0 Å². The van der Waals surface area contributed by atoms with Crippen molar-refractivity contribution in [3.63, 3.8) is 0 Å². The van der Waals surface area contributed by atoms with Gasteiger partial charge in [-0.25, -0.2) is 17.2 Å². The zero-order valence-electron chi connectivity index (χ0n) is 24.3. The van der Waals surface area contributed by atoms with Crippen LogP contribution in [-0.4, -0.2) is 55.5 Å². The van der Waals surface area contributed by atoms with Crippen molar-refractivity contribution in [1.82, 2.24) is 19.9 Å². The summed E-state index contributed by atoms with van der Waals surface area (Å²) in [4.78, 5) is 17.5. The Morgan fingerprint density at radius 3 is 2.58 bits per heavy atom. The SMILES string of the molecule is CC/C(CC[C@H]1CNCCN1S(=O)(=O)c1cccnc1)=C(\C=N)NC(=O)C[C@@H](c1ccc(F)cc1)c1cc(C)cc(F)c1. The van der Waals surface area contributed by atoms with Crippen molar-refractivity contribution < 1.29 is 22.0 Å². The van der Waals surface area contributed by atoms with Gasteiger partial charge in [0.05, 0.1) is 5.70 Å². The number of halogens is 2. The third-order valence-electron chi connectivity index (χ3n) is 7.67. The van der Waals surface area contributed by atoms with Crippen LogP contribution in [0.15, 0.2) is 83.2 Å². The Bertz CT molecular complexity index is 1540. The van der Waals surface area contributed by atoms with Crippen molar-refractivity contribution in [2.75, 3.05) is 19.6 Å². The summed E-state index contributed by atoms with van der Waals surface area (Å²) < 4.78 is 56.2. The summed E-state index contributed by atoms with van der Waals surface area (Å²) in [6, 6.07) is 13.2. The summed E-state index contributed by atoms with van der Waals surface area (Å²) in [5.41, 5.74) is 3.12. The van der Waals surface area contributed by atoms with Crippen molar-refractivity contribution in [3.8, 4) is 0 Å². The Morgan fingerprint density at radius 1 is 1.16 bits per heavy atom. The van der Waals surface area contributed by atoms with E-state index in [-0.39, 0.29) is 23.3 Å². The molecule has 0 bridgehead atoms. The van der Waals surface area contributed by atoms with E-state index in [0.717, 1.165) is 11.8 Å². The topological polar surface area (TPSA) is 115 Å². The molecule has 0 spiro atoms. The first-order valence-corrected chi connectivity index (χ1v) is 15.7. The molecule has 1 aliphatic heterocycles. The summed E-state index contributed by atoms with van der Waals surface area (Å²) in [5.74, 6) is -1.75. The van der Waals surface area contributed by atoms with Gasteiger partial charge in [-0.05, 0) is 84.8 Å². The predicted molar refractivity (Wildman–Crippen MR) is 162 cm³/mol. The van der Waals surface area contributed by atoms with Gasteiger partial charge in [0, 0.05) is 56.6 Å². The van der Waals surface area contributed by atoms with Crippen LogP contribution < -0.4 is 10.6 Å². The Morgan fingerprint density at radius 2 is 1.93 bits per heavy atom. The molecule has 1 aliphatic rings. The van der Waals surface area contributed by atoms with Crippen molar-refractivity contribution in [2.45, 2.75) is 56.4 Å². The van der Waals surface area contributed by atoms with Gasteiger partial charge in [0.1, 0.15) is 16.5 Å². The average Bonchev–Trinajstić information content (AvgIpc) is 3.00. The fourth-order valence-electron chi connectivity index (χ4n) is 5.48. The molecule has 1 aromatic heterocycles. The van der Waals surface area contributed by atoms with Crippen LogP contribution >= 0.6 is 0 Å². The van der Waals surface area contributed by atoms with Crippen molar-refractivity contribution >= 4 is 22.1 Å². The van der Waals surface area contributed by atoms with Crippen molar-refractivity contribution in [2.24, 2.45) is 0 Å². The predicted octanol–water partition coefficient (Wildman–Crippen LogP) is 5.06. The number of amides is 1. The molecule has 2 heterocycles. The summed E-state index contributed by atoms with van der Waals surface area (Å²) in [6.07, 6.45) is 5.43. The van der Waals surface area contributed by atoms with E-state index in [9.17, 15) is 22.0 Å². The van der Waals surface area contributed by atoms with Gasteiger partial charge in [-0.15, -0.1) is 0 Å². The molecule has 4 rings (SSSR count). The van der Waals surface area contributed by atoms with E-state index < -0.39 is 27.6 Å². The molecule has 0 unspecified atom stereocenters. The smallest absolute Gasteiger partial charge is 0.244 e. The van der Waals surface area contributed by atoms with Crippen LogP contribution in [0.1, 0.15) is 55.2 Å². The fourth-order valence-corrected chi connectivity index (χ4v) is 7.10. The van der Waals surface area contributed by atoms with E-state index >= 15 is 0 Å². The standard InChI is InChI=1S/C32H37F2N5O3S/c1-3-23(8-11-28-20-37-13-14-39(28)43(41,42)29-5-4-12-36-21-29)31(19-35)38-32(40)18-30(24-6-9-26(33)10-7-24)25-15-22(2)16-27(34)17-25/h4-7,9-10,12,15-17,19,21,28,30,35,37H,3,8,11,13-14,18,20H2,1-2H3,(H,38,40)/b31-23-,35-19?/t28-,30-/m0/s1. The highest BCUT2D eigenvalue weighted by molar-refractivity contribution is 7.89. The number of hydrogen-bond donors (Lipinski definition) is 3. The number of allylic oxidation sites excluding steroid dienone is 2. The molecular weight excluding hydrogens is 572 g/mol. The molecular formula is C32H37F2N5O3S. The minimum absolute atomic E-state index is 0.0491. The molecule has 8 nitrogen and oxygen atoms in total. The van der Waals surface area contributed by atoms with E-state index in [4.69, 9.17) is 5.41 Å². The average molecular weight is 610 g/mol. The molecule has 2 atom stereocenters. The van der Waals surface area contributed by atoms with Crippen LogP contribution in [0.4, 0.5) is 8.78 Å². The van der Waals surface area contributed by atoms with Gasteiger partial charge in [-0.2, -0.15) is 4.31 Å². The summed E-state index contributed by atoms with van der Waals surface area (Å²) >= 11 is 0. The maximum Gasteiger partial charge on any atom is 0.244 e. The molecule has 1 saturated heterocycles. The minimum Gasteiger partial charge on any atom is -0.325 e. The number of pyridine rings is 1. The number of carbonyl (C=O) groups is 1. The molecule has 3 aromatic rings. The van der Waals surface area contributed by atoms with Crippen LogP contribution in [-0.2, 0) is 14.8 Å². The number of sulfonamides is 1. The highest BCUT2D eigenvalue weighted by Gasteiger charge is 2.33. The lowest BCUT2D eigenvalue weighted by Crippen LogP contribution is -2.53. The number of hydrogen-bond acceptors (Lipinski definition) is 6. The van der Waals surface area contributed by atoms with E-state index in [0.29, 0.717) is 61.3 Å². The molecule has 0 saturated carbocycles. The Labute approximate surface area is 251 Å². The Hall–Kier alpha value is -3.80. The van der Waals surface area contributed by atoms with E-state index in [1.807, 2.05) is 6.92 Å². The molecule has 11 heteroatoms. The van der Waals surface area contributed by atoms with E-state index in [2.05, 4.69) is 15.6 Å². The van der Waals surface area contributed by atoms with Crippen molar-refractivity contribution in [3.05, 3.63) is 107 Å². The van der Waals surface area contributed by atoms with E-state index in [1.165, 1.54) is 47.0 Å². The first kappa shape index (κ1) is 32.1. The zero-order chi connectivity index (χ0) is 31.0. The number of carbonyl (C=O) groups excluding carboxylic acids is 1. The summed E-state index contributed by atoms with van der Waals surface area (Å²) in [6.45, 7) is 5.03. The second-order valence-corrected chi connectivity index (χ2v) is 12.5. The van der Waals surface area contributed by atoms with Gasteiger partial charge in [0.15, 0.2) is 0 Å². The molecule has 2 aromatic carbocycles. The third kappa shape index (κ3) is 8.19. The second-order valence-electron chi connectivity index (χ2n) is 10.6. The number of nitrogens with one attached hydrogen (secondary N) is 3. The third-order valence-corrected chi connectivity index (χ3v) is 9.61. The lowest BCUT2D eigenvalue weighted by Gasteiger charge is -2.35. The van der Waals surface area contributed by atoms with Crippen LogP contribution in [0, 0.1) is 24.0 Å². The summed E-state index contributed by atoms with van der Waals surface area (Å²) in [5, 5.41) is 14.2. The van der Waals surface area contributed by atoms with Crippen LogP contribution in [0.5, 0.6) is 0 Å². The maximum atomic E-state index is 14.3. The Balaban J connectivity index is 1.52. The molecule has 0 aliphatic carbocycles. The normalized spacial score (nSPS) is 17.2. The molecule has 0 radical (unpaired) electrons. The largest absolute Gasteiger partial charge is 0.325 e. The van der Waals surface area contributed by atoms with Gasteiger partial charge in [0.25, 0.3) is 0 Å². The van der Waals surface area contributed by atoms with Gasteiger partial charge in [-0.1, -0.05) is 25.1 Å². The number of aryl methyl sites for hydroxylation is 1. The molecule has 1 amide bonds. The monoisotopic (exact) mass is 609 g/mol. The van der Waals surface area contributed by atoms with Crippen molar-refractivity contribution in [1.29, 1.82) is 5.41 Å². The van der Waals surface area contributed by atoms with Gasteiger partial charge < -0.3 is 16.0 Å². The van der Waals surface area contributed by atoms with Gasteiger partial charge in [-0.3, -0.25) is 9.78 Å². The lowest BCUT2D eigenvalue weighted by atomic mass is 9.87. The highest BCUT2D eigenvalue weighted by Crippen LogP contribution is 2.30. The highest BCUT2D eigenvalue weighted by atomic mass is 32.2. The zero-order valence-corrected chi connectivity index (χ0v) is 25.1. The molecule has 228 valence electrons. The quantitative estimate of drug-likeness (QED) is 0.248. The first-order chi connectivity index (χ1) is 20.6. The maximum absolute atomic E-state index is 14.3. The second kappa shape index (κ2) is 14.6. The first-order valence-electron chi connectivity index (χ1n) is 14.3. The number of rotatable bonds is 12. The Kier molecular flexibility index (Phi) is 10.9. The van der Waals surface area contributed by atoms with Gasteiger partial charge in [0.2, 0.25) is 15.9 Å². The molecule has 43 heavy (non-hydrogen) atoms. The fraction of sp³-hybridized carbons (Fsp3) is 0.344. The number of nitrogens with zero attached hydrogens (tertiary/aromatic N) is 2. The molecule has 3 N–H and O–H groups in total. The molecule has 1 fully saturated rings. The van der Waals surface area contributed by atoms with Crippen LogP contribution in [0.2, 0.25) is 0 Å². The van der Waals surface area contributed by atoms with Crippen LogP contribution in [0.25, 0.3) is 0 Å². The number of piperazine rings is 1. The number of benzene rings is 2. The number of aromatic nitrogens is 1. The van der Waals surface area contributed by atoms with E-state index in [1.54, 1.807) is 31.2 Å². The minimum atomic E-state index is -3.74. The summed E-state index contributed by atoms with van der Waals surface area (Å²) in [7, 11) is -3.74. The lowest BCUT2D eigenvalue weighted by molar-refractivity contribution is -0.120.